The van der Waals surface area contributed by atoms with E-state index >= 15 is 0 Å². The first-order chi connectivity index (χ1) is 16.5. The number of hydrogen-bond acceptors (Lipinski definition) is 6. The van der Waals surface area contributed by atoms with E-state index in [1.54, 1.807) is 4.52 Å². The van der Waals surface area contributed by atoms with Crippen molar-refractivity contribution >= 4 is 23.4 Å². The second-order valence-corrected chi connectivity index (χ2v) is 9.37. The largest absolute Gasteiger partial charge is 0.352 e. The van der Waals surface area contributed by atoms with Gasteiger partial charge in [0, 0.05) is 35.8 Å². The third kappa shape index (κ3) is 6.21. The first kappa shape index (κ1) is 23.9. The van der Waals surface area contributed by atoms with Gasteiger partial charge in [0.25, 0.3) is 11.7 Å². The van der Waals surface area contributed by atoms with Crippen LogP contribution in [-0.4, -0.2) is 50.5 Å². The lowest BCUT2D eigenvalue weighted by Crippen LogP contribution is -2.28. The molecule has 4 rings (SSSR count). The Balaban J connectivity index is 1.29. The van der Waals surface area contributed by atoms with E-state index in [0.717, 1.165) is 36.5 Å². The third-order valence-corrected chi connectivity index (χ3v) is 6.40. The molecule has 0 radical (unpaired) electrons. The lowest BCUT2D eigenvalue weighted by atomic mass is 10.1. The van der Waals surface area contributed by atoms with E-state index in [9.17, 15) is 4.79 Å². The average molecular weight is 475 g/mol. The van der Waals surface area contributed by atoms with Gasteiger partial charge in [0.1, 0.15) is 0 Å². The number of carbonyl (C=O) groups excluding carboxylic acids is 1. The summed E-state index contributed by atoms with van der Waals surface area (Å²) in [6, 6.07) is 20.1. The lowest BCUT2D eigenvalue weighted by Gasteiger charge is -2.17. The molecule has 0 bridgehead atoms. The predicted octanol–water partition coefficient (Wildman–Crippen LogP) is 4.29. The molecule has 0 aliphatic carbocycles. The van der Waals surface area contributed by atoms with Crippen LogP contribution in [0.25, 0.3) is 5.78 Å². The molecule has 4 aromatic rings. The van der Waals surface area contributed by atoms with Crippen LogP contribution in [0, 0.1) is 13.8 Å². The van der Waals surface area contributed by atoms with Crippen molar-refractivity contribution in [3.05, 3.63) is 88.7 Å². The molecule has 2 aromatic heterocycles. The van der Waals surface area contributed by atoms with Gasteiger partial charge in [-0.3, -0.25) is 4.79 Å². The molecule has 7 nitrogen and oxygen atoms in total. The number of nitrogens with zero attached hydrogens (tertiary/aromatic N) is 5. The van der Waals surface area contributed by atoms with Crippen molar-refractivity contribution in [2.45, 2.75) is 37.7 Å². The number of rotatable bonds is 10. The molecule has 0 atom stereocenters. The summed E-state index contributed by atoms with van der Waals surface area (Å²) in [5, 5.41) is 8.27. The fourth-order valence-electron chi connectivity index (χ4n) is 3.84. The molecular weight excluding hydrogens is 444 g/mol. The van der Waals surface area contributed by atoms with Gasteiger partial charge in [-0.15, -0.1) is 5.10 Å². The molecule has 2 heterocycles. The van der Waals surface area contributed by atoms with Gasteiger partial charge in [0.2, 0.25) is 5.16 Å². The Morgan fingerprint density at radius 1 is 1.06 bits per heavy atom. The van der Waals surface area contributed by atoms with Crippen molar-refractivity contribution < 1.29 is 4.79 Å². The van der Waals surface area contributed by atoms with E-state index in [1.165, 1.54) is 17.3 Å². The predicted molar refractivity (Wildman–Crippen MR) is 136 cm³/mol. The van der Waals surface area contributed by atoms with Gasteiger partial charge < -0.3 is 10.2 Å². The molecule has 1 amide bonds. The third-order valence-electron chi connectivity index (χ3n) is 5.52. The van der Waals surface area contributed by atoms with Gasteiger partial charge in [-0.05, 0) is 57.1 Å². The highest BCUT2D eigenvalue weighted by Crippen LogP contribution is 2.22. The van der Waals surface area contributed by atoms with Gasteiger partial charge in [0.15, 0.2) is 0 Å². The van der Waals surface area contributed by atoms with Crippen molar-refractivity contribution in [2.75, 3.05) is 20.1 Å². The number of benzene rings is 2. The van der Waals surface area contributed by atoms with E-state index in [1.807, 2.05) is 50.2 Å². The molecule has 176 valence electrons. The number of aromatic nitrogens is 4. The van der Waals surface area contributed by atoms with Crippen LogP contribution in [0.2, 0.25) is 0 Å². The van der Waals surface area contributed by atoms with Crippen molar-refractivity contribution in [1.82, 2.24) is 29.8 Å². The standard InChI is InChI=1S/C26H30N6OS/c1-19-16-20(2)32-25(28-19)29-26(30-32)34-18-22-12-7-8-13-23(22)24(33)27-14-9-15-31(3)17-21-10-5-4-6-11-21/h4-8,10-13,16H,9,14-15,17-18H2,1-3H3,(H,27,33). The van der Waals surface area contributed by atoms with Crippen LogP contribution >= 0.6 is 11.8 Å². The van der Waals surface area contributed by atoms with Crippen molar-refractivity contribution in [2.24, 2.45) is 0 Å². The monoisotopic (exact) mass is 474 g/mol. The van der Waals surface area contributed by atoms with Gasteiger partial charge in [0.05, 0.1) is 0 Å². The van der Waals surface area contributed by atoms with Gasteiger partial charge in [-0.1, -0.05) is 60.3 Å². The highest BCUT2D eigenvalue weighted by atomic mass is 32.2. The Morgan fingerprint density at radius 3 is 2.65 bits per heavy atom. The Hall–Kier alpha value is -3.23. The molecular formula is C26H30N6OS. The fraction of sp³-hybridized carbons (Fsp3) is 0.308. The summed E-state index contributed by atoms with van der Waals surface area (Å²) in [6.45, 7) is 6.39. The molecule has 0 saturated carbocycles. The number of thioether (sulfide) groups is 1. The zero-order chi connectivity index (χ0) is 23.9. The van der Waals surface area contributed by atoms with Crippen LogP contribution in [0.15, 0.2) is 65.8 Å². The topological polar surface area (TPSA) is 75.4 Å². The zero-order valence-corrected chi connectivity index (χ0v) is 20.7. The van der Waals surface area contributed by atoms with Crippen molar-refractivity contribution in [3.63, 3.8) is 0 Å². The molecule has 0 spiro atoms. The number of aryl methyl sites for hydroxylation is 2. The number of fused-ring (bicyclic) bond motifs is 1. The molecule has 2 aromatic carbocycles. The smallest absolute Gasteiger partial charge is 0.253 e. The molecule has 0 unspecified atom stereocenters. The highest BCUT2D eigenvalue weighted by Gasteiger charge is 2.13. The van der Waals surface area contributed by atoms with E-state index in [-0.39, 0.29) is 5.91 Å². The molecule has 0 aliphatic rings. The first-order valence-electron chi connectivity index (χ1n) is 11.4. The number of amides is 1. The van der Waals surface area contributed by atoms with E-state index < -0.39 is 0 Å². The van der Waals surface area contributed by atoms with Crippen molar-refractivity contribution in [3.8, 4) is 0 Å². The fourth-order valence-corrected chi connectivity index (χ4v) is 4.66. The van der Waals surface area contributed by atoms with Gasteiger partial charge in [-0.2, -0.15) is 4.98 Å². The molecule has 8 heteroatoms. The normalized spacial score (nSPS) is 11.3. The van der Waals surface area contributed by atoms with E-state index in [0.29, 0.717) is 28.8 Å². The second-order valence-electron chi connectivity index (χ2n) is 8.42. The highest BCUT2D eigenvalue weighted by molar-refractivity contribution is 7.98. The first-order valence-corrected chi connectivity index (χ1v) is 12.4. The Labute approximate surface area is 204 Å². The summed E-state index contributed by atoms with van der Waals surface area (Å²) < 4.78 is 1.75. The summed E-state index contributed by atoms with van der Waals surface area (Å²) in [5.41, 5.74) is 4.87. The minimum atomic E-state index is -0.0435. The van der Waals surface area contributed by atoms with Crippen LogP contribution in [0.3, 0.4) is 0 Å². The van der Waals surface area contributed by atoms with E-state index in [4.69, 9.17) is 0 Å². The van der Waals surface area contributed by atoms with Crippen LogP contribution in [0.1, 0.15) is 39.3 Å². The molecule has 0 fully saturated rings. The molecule has 0 saturated heterocycles. The number of nitrogens with one attached hydrogen (secondary N) is 1. The Morgan fingerprint density at radius 2 is 1.82 bits per heavy atom. The Kier molecular flexibility index (Phi) is 7.92. The maximum Gasteiger partial charge on any atom is 0.253 e. The van der Waals surface area contributed by atoms with Gasteiger partial charge in [-0.25, -0.2) is 9.50 Å². The summed E-state index contributed by atoms with van der Waals surface area (Å²) in [6.07, 6.45) is 0.892. The molecule has 0 aliphatic heterocycles. The summed E-state index contributed by atoms with van der Waals surface area (Å²) in [5.74, 6) is 1.17. The quantitative estimate of drug-likeness (QED) is 0.273. The van der Waals surface area contributed by atoms with Crippen LogP contribution in [-0.2, 0) is 12.3 Å². The summed E-state index contributed by atoms with van der Waals surface area (Å²) in [7, 11) is 2.10. The van der Waals surface area contributed by atoms with Gasteiger partial charge >= 0.3 is 0 Å². The molecule has 1 N–H and O–H groups in total. The Bertz CT molecular complexity index is 1260. The van der Waals surface area contributed by atoms with Crippen LogP contribution < -0.4 is 5.32 Å². The number of carbonyl (C=O) groups is 1. The minimum Gasteiger partial charge on any atom is -0.352 e. The zero-order valence-electron chi connectivity index (χ0n) is 19.9. The van der Waals surface area contributed by atoms with E-state index in [2.05, 4.69) is 56.6 Å². The lowest BCUT2D eigenvalue weighted by molar-refractivity contribution is 0.0951. The summed E-state index contributed by atoms with van der Waals surface area (Å²) >= 11 is 1.51. The van der Waals surface area contributed by atoms with Crippen LogP contribution in [0.4, 0.5) is 0 Å². The maximum absolute atomic E-state index is 12.9. The van der Waals surface area contributed by atoms with Crippen LogP contribution in [0.5, 0.6) is 0 Å². The second kappa shape index (κ2) is 11.3. The maximum atomic E-state index is 12.9. The minimum absolute atomic E-state index is 0.0435. The SMILES string of the molecule is Cc1cc(C)n2nc(SCc3ccccc3C(=O)NCCCN(C)Cc3ccccc3)nc2n1. The van der Waals surface area contributed by atoms with Crippen molar-refractivity contribution in [1.29, 1.82) is 0 Å². The average Bonchev–Trinajstić information content (AvgIpc) is 3.24. The summed E-state index contributed by atoms with van der Waals surface area (Å²) in [4.78, 5) is 24.1. The number of hydrogen-bond donors (Lipinski definition) is 1. The molecule has 34 heavy (non-hydrogen) atoms.